The second-order valence-corrected chi connectivity index (χ2v) is 12.0. The Morgan fingerprint density at radius 1 is 0.952 bits per heavy atom. The number of carbonyl (C=O) groups excluding carboxylic acids is 2. The lowest BCUT2D eigenvalue weighted by atomic mass is 10.1. The number of carbonyl (C=O) groups is 2. The number of halogens is 3. The summed E-state index contributed by atoms with van der Waals surface area (Å²) in [6.45, 7) is 5.44. The van der Waals surface area contributed by atoms with Crippen molar-refractivity contribution >= 4 is 50.7 Å². The molecule has 0 spiro atoms. The molecule has 0 aliphatic rings. The lowest BCUT2D eigenvalue weighted by molar-refractivity contribution is -0.140. The highest BCUT2D eigenvalue weighted by molar-refractivity contribution is 7.92. The van der Waals surface area contributed by atoms with Crippen LogP contribution in [0.5, 0.6) is 5.75 Å². The number of hydrogen-bond donors (Lipinski definition) is 1. The van der Waals surface area contributed by atoms with Crippen LogP contribution < -0.4 is 14.4 Å². The second kappa shape index (κ2) is 15.2. The molecule has 2 amide bonds. The van der Waals surface area contributed by atoms with Gasteiger partial charge >= 0.3 is 0 Å². The van der Waals surface area contributed by atoms with Crippen LogP contribution in [0.1, 0.15) is 39.2 Å². The van der Waals surface area contributed by atoms with E-state index in [-0.39, 0.29) is 23.5 Å². The molecule has 0 saturated heterocycles. The van der Waals surface area contributed by atoms with E-state index in [4.69, 9.17) is 27.9 Å². The van der Waals surface area contributed by atoms with Crippen molar-refractivity contribution in [1.29, 1.82) is 0 Å². The molecule has 0 fully saturated rings. The summed E-state index contributed by atoms with van der Waals surface area (Å²) in [5.41, 5.74) is 0.483. The van der Waals surface area contributed by atoms with E-state index in [1.54, 1.807) is 32.0 Å². The third kappa shape index (κ3) is 8.14. The van der Waals surface area contributed by atoms with Gasteiger partial charge in [0.05, 0.1) is 17.2 Å². The number of nitrogens with zero attached hydrogens (tertiary/aromatic N) is 2. The molecule has 42 heavy (non-hydrogen) atoms. The van der Waals surface area contributed by atoms with Gasteiger partial charge in [-0.1, -0.05) is 43.1 Å². The monoisotopic (exact) mass is 637 g/mol. The molecule has 3 aromatic carbocycles. The average molecular weight is 639 g/mol. The number of amides is 2. The van der Waals surface area contributed by atoms with Crippen LogP contribution in [0.15, 0.2) is 71.6 Å². The van der Waals surface area contributed by atoms with Crippen molar-refractivity contribution in [3.05, 3.63) is 88.2 Å². The van der Waals surface area contributed by atoms with Gasteiger partial charge in [0.1, 0.15) is 24.2 Å². The Hall–Kier alpha value is -3.34. The van der Waals surface area contributed by atoms with Crippen LogP contribution in [0, 0.1) is 5.82 Å². The van der Waals surface area contributed by atoms with Crippen LogP contribution in [0.3, 0.4) is 0 Å². The van der Waals surface area contributed by atoms with Gasteiger partial charge in [0, 0.05) is 28.7 Å². The van der Waals surface area contributed by atoms with Crippen LogP contribution >= 0.6 is 23.2 Å². The molecule has 0 bridgehead atoms. The third-order valence-corrected chi connectivity index (χ3v) is 8.94. The van der Waals surface area contributed by atoms with Gasteiger partial charge in [0.15, 0.2) is 0 Å². The summed E-state index contributed by atoms with van der Waals surface area (Å²) in [5, 5.41) is 3.40. The normalized spacial score (nSPS) is 12.0. The maximum atomic E-state index is 14.1. The molecule has 3 aromatic rings. The zero-order valence-electron chi connectivity index (χ0n) is 23.6. The third-order valence-electron chi connectivity index (χ3n) is 6.44. The average Bonchev–Trinajstić information content (AvgIpc) is 2.97. The number of benzene rings is 3. The summed E-state index contributed by atoms with van der Waals surface area (Å²) in [4.78, 5) is 28.4. The van der Waals surface area contributed by atoms with E-state index in [9.17, 15) is 22.4 Å². The first-order chi connectivity index (χ1) is 20.0. The van der Waals surface area contributed by atoms with E-state index in [0.29, 0.717) is 40.9 Å². The summed E-state index contributed by atoms with van der Waals surface area (Å²) in [5.74, 6) is -1.16. The van der Waals surface area contributed by atoms with Gasteiger partial charge in [0.25, 0.3) is 10.0 Å². The van der Waals surface area contributed by atoms with Crippen molar-refractivity contribution in [3.63, 3.8) is 0 Å². The highest BCUT2D eigenvalue weighted by Gasteiger charge is 2.34. The van der Waals surface area contributed by atoms with Gasteiger partial charge in [-0.3, -0.25) is 13.9 Å². The van der Waals surface area contributed by atoms with E-state index in [1.165, 1.54) is 41.3 Å². The van der Waals surface area contributed by atoms with E-state index >= 15 is 0 Å². The zero-order chi connectivity index (χ0) is 30.9. The summed E-state index contributed by atoms with van der Waals surface area (Å²) in [7, 11) is -4.33. The van der Waals surface area contributed by atoms with Crippen molar-refractivity contribution in [2.45, 2.75) is 51.1 Å². The van der Waals surface area contributed by atoms with Gasteiger partial charge in [-0.25, -0.2) is 12.8 Å². The summed E-state index contributed by atoms with van der Waals surface area (Å²) >= 11 is 12.8. The Kier molecular flexibility index (Phi) is 12.0. The van der Waals surface area contributed by atoms with Crippen molar-refractivity contribution < 1.29 is 27.1 Å². The predicted octanol–water partition coefficient (Wildman–Crippen LogP) is 6.06. The van der Waals surface area contributed by atoms with Crippen LogP contribution in [0.2, 0.25) is 10.0 Å². The van der Waals surface area contributed by atoms with Crippen molar-refractivity contribution in [2.24, 2.45) is 0 Å². The van der Waals surface area contributed by atoms with Crippen LogP contribution in [-0.2, 0) is 26.2 Å². The topological polar surface area (TPSA) is 96.0 Å². The second-order valence-electron chi connectivity index (χ2n) is 9.33. The van der Waals surface area contributed by atoms with Crippen molar-refractivity contribution in [2.75, 3.05) is 24.0 Å². The molecule has 3 rings (SSSR count). The molecular weight excluding hydrogens is 604 g/mol. The number of hydrogen-bond acceptors (Lipinski definition) is 5. The van der Waals surface area contributed by atoms with Gasteiger partial charge < -0.3 is 15.0 Å². The van der Waals surface area contributed by atoms with Crippen LogP contribution in [-0.4, -0.2) is 50.9 Å². The Morgan fingerprint density at radius 2 is 1.57 bits per heavy atom. The minimum atomic E-state index is -4.33. The van der Waals surface area contributed by atoms with Crippen LogP contribution in [0.4, 0.5) is 10.1 Å². The molecule has 0 radical (unpaired) electrons. The molecule has 0 aromatic heterocycles. The summed E-state index contributed by atoms with van der Waals surface area (Å²) in [6, 6.07) is 14.5. The molecule has 12 heteroatoms. The fourth-order valence-electron chi connectivity index (χ4n) is 4.28. The molecular formula is C30H34Cl2FN3O5S. The molecule has 1 unspecified atom stereocenters. The molecule has 1 atom stereocenters. The lowest BCUT2D eigenvalue weighted by Gasteiger charge is -2.33. The molecule has 8 nitrogen and oxygen atoms in total. The molecule has 226 valence electrons. The largest absolute Gasteiger partial charge is 0.494 e. The number of anilines is 1. The Bertz CT molecular complexity index is 1450. The number of rotatable bonds is 14. The molecule has 0 saturated carbocycles. The highest BCUT2D eigenvalue weighted by Crippen LogP contribution is 2.29. The summed E-state index contributed by atoms with van der Waals surface area (Å²) in [6.07, 6.45) is 0.927. The van der Waals surface area contributed by atoms with E-state index < -0.39 is 40.2 Å². The maximum absolute atomic E-state index is 14.1. The SMILES string of the molecule is CCCNC(=O)C(CC)N(Cc1c(Cl)cccc1Cl)C(=O)CN(c1ccc(F)cc1)S(=O)(=O)c1ccc(OCC)cc1. The van der Waals surface area contributed by atoms with Crippen LogP contribution in [0.25, 0.3) is 0 Å². The smallest absolute Gasteiger partial charge is 0.264 e. The molecule has 0 aliphatic heterocycles. The molecule has 1 N–H and O–H groups in total. The minimum absolute atomic E-state index is 0.0674. The Labute approximate surface area is 256 Å². The van der Waals surface area contributed by atoms with E-state index in [2.05, 4.69) is 5.32 Å². The first kappa shape index (κ1) is 33.2. The van der Waals surface area contributed by atoms with Crippen molar-refractivity contribution in [3.8, 4) is 5.75 Å². The number of ether oxygens (including phenoxy) is 1. The van der Waals surface area contributed by atoms with Gasteiger partial charge in [-0.05, 0) is 80.4 Å². The fraction of sp³-hybridized carbons (Fsp3) is 0.333. The highest BCUT2D eigenvalue weighted by atomic mass is 35.5. The fourth-order valence-corrected chi connectivity index (χ4v) is 6.21. The first-order valence-corrected chi connectivity index (χ1v) is 15.7. The predicted molar refractivity (Wildman–Crippen MR) is 163 cm³/mol. The van der Waals surface area contributed by atoms with Gasteiger partial charge in [-0.15, -0.1) is 0 Å². The summed E-state index contributed by atoms with van der Waals surface area (Å²) < 4.78 is 48.0. The molecule has 0 heterocycles. The standard InChI is InChI=1S/C30H34Cl2FN3O5S/c1-4-18-34-30(38)28(5-2)35(19-25-26(31)8-7-9-27(25)32)29(37)20-36(22-12-10-21(33)11-13-22)42(39,40)24-16-14-23(15-17-24)41-6-3/h7-17,28H,4-6,18-20H2,1-3H3,(H,34,38). The molecule has 0 aliphatic carbocycles. The first-order valence-electron chi connectivity index (χ1n) is 13.5. The Morgan fingerprint density at radius 3 is 2.12 bits per heavy atom. The zero-order valence-corrected chi connectivity index (χ0v) is 26.0. The Balaban J connectivity index is 2.07. The van der Waals surface area contributed by atoms with E-state index in [0.717, 1.165) is 16.4 Å². The maximum Gasteiger partial charge on any atom is 0.264 e. The lowest BCUT2D eigenvalue weighted by Crippen LogP contribution is -2.52. The number of sulfonamides is 1. The quantitative estimate of drug-likeness (QED) is 0.232. The minimum Gasteiger partial charge on any atom is -0.494 e. The van der Waals surface area contributed by atoms with Gasteiger partial charge in [-0.2, -0.15) is 0 Å². The van der Waals surface area contributed by atoms with Crippen molar-refractivity contribution in [1.82, 2.24) is 10.2 Å². The van der Waals surface area contributed by atoms with Gasteiger partial charge in [0.2, 0.25) is 11.8 Å². The number of nitrogens with one attached hydrogen (secondary N) is 1. The van der Waals surface area contributed by atoms with E-state index in [1.807, 2.05) is 6.92 Å².